The molecule has 0 aliphatic carbocycles. The molecule has 7 nitrogen and oxygen atoms in total. The van der Waals surface area contributed by atoms with Gasteiger partial charge in [0.15, 0.2) is 12.4 Å². The Morgan fingerprint density at radius 2 is 1.77 bits per heavy atom. The molecule has 26 heavy (non-hydrogen) atoms. The minimum atomic E-state index is -0.737. The number of hydrogen-bond donors (Lipinski definition) is 1. The number of pyridine rings is 1. The number of nitrogens with zero attached hydrogens (tertiary/aromatic N) is 1. The van der Waals surface area contributed by atoms with Gasteiger partial charge in [0.25, 0.3) is 5.56 Å². The van der Waals surface area contributed by atoms with E-state index in [1.165, 1.54) is 16.8 Å². The van der Waals surface area contributed by atoms with Gasteiger partial charge in [0.1, 0.15) is 0 Å². The SMILES string of the molecule is CCCC(=O)Nc1ccc(C(=O)COC(=O)c2ccn(C)c(=O)c2)cc1. The van der Waals surface area contributed by atoms with Crippen molar-refractivity contribution in [1.29, 1.82) is 0 Å². The molecular weight excluding hydrogens is 336 g/mol. The third-order valence-electron chi connectivity index (χ3n) is 3.64. The zero-order valence-electron chi connectivity index (χ0n) is 14.7. The molecule has 0 aliphatic rings. The normalized spacial score (nSPS) is 10.2. The maximum Gasteiger partial charge on any atom is 0.338 e. The van der Waals surface area contributed by atoms with E-state index in [1.807, 2.05) is 6.92 Å². The molecule has 0 unspecified atom stereocenters. The molecule has 0 saturated carbocycles. The van der Waals surface area contributed by atoms with E-state index in [4.69, 9.17) is 4.74 Å². The summed E-state index contributed by atoms with van der Waals surface area (Å²) in [6, 6.07) is 8.93. The molecule has 0 saturated heterocycles. The van der Waals surface area contributed by atoms with Crippen LogP contribution in [0, 0.1) is 0 Å². The topological polar surface area (TPSA) is 94.5 Å². The van der Waals surface area contributed by atoms with Crippen molar-refractivity contribution in [2.24, 2.45) is 7.05 Å². The Labute approximate surface area is 150 Å². The van der Waals surface area contributed by atoms with Crippen LogP contribution in [0.25, 0.3) is 0 Å². The van der Waals surface area contributed by atoms with Crippen molar-refractivity contribution in [2.45, 2.75) is 19.8 Å². The molecule has 2 rings (SSSR count). The van der Waals surface area contributed by atoms with Crippen LogP contribution in [0.4, 0.5) is 5.69 Å². The number of ether oxygens (including phenoxy) is 1. The van der Waals surface area contributed by atoms with Gasteiger partial charge in [0.05, 0.1) is 5.56 Å². The molecule has 0 fully saturated rings. The van der Waals surface area contributed by atoms with Crippen molar-refractivity contribution in [3.8, 4) is 0 Å². The number of anilines is 1. The van der Waals surface area contributed by atoms with Gasteiger partial charge >= 0.3 is 5.97 Å². The summed E-state index contributed by atoms with van der Waals surface area (Å²) < 4.78 is 6.28. The molecule has 1 amide bonds. The highest BCUT2D eigenvalue weighted by molar-refractivity contribution is 6.00. The van der Waals surface area contributed by atoms with Crippen molar-refractivity contribution in [1.82, 2.24) is 4.57 Å². The number of esters is 1. The Morgan fingerprint density at radius 3 is 2.38 bits per heavy atom. The first-order chi connectivity index (χ1) is 12.4. The monoisotopic (exact) mass is 356 g/mol. The number of ketones is 1. The lowest BCUT2D eigenvalue weighted by molar-refractivity contribution is -0.116. The number of aryl methyl sites for hydroxylation is 1. The molecule has 1 aromatic carbocycles. The van der Waals surface area contributed by atoms with Crippen LogP contribution in [0.2, 0.25) is 0 Å². The molecule has 2 aromatic rings. The molecule has 0 aliphatic heterocycles. The van der Waals surface area contributed by atoms with Crippen LogP contribution in [0.15, 0.2) is 47.4 Å². The number of Topliss-reactive ketones (excluding diaryl/α,β-unsaturated/α-hetero) is 1. The van der Waals surface area contributed by atoms with Crippen molar-refractivity contribution in [2.75, 3.05) is 11.9 Å². The summed E-state index contributed by atoms with van der Waals surface area (Å²) in [5, 5.41) is 2.72. The minimum absolute atomic E-state index is 0.0884. The highest BCUT2D eigenvalue weighted by Gasteiger charge is 2.13. The zero-order chi connectivity index (χ0) is 19.1. The van der Waals surface area contributed by atoms with E-state index in [2.05, 4.69) is 5.32 Å². The van der Waals surface area contributed by atoms with E-state index in [-0.39, 0.29) is 22.8 Å². The second-order valence-corrected chi connectivity index (χ2v) is 5.74. The van der Waals surface area contributed by atoms with Gasteiger partial charge in [0, 0.05) is 37.0 Å². The first-order valence-corrected chi connectivity index (χ1v) is 8.17. The minimum Gasteiger partial charge on any atom is -0.454 e. The Hall–Kier alpha value is -3.22. The highest BCUT2D eigenvalue weighted by Crippen LogP contribution is 2.11. The maximum atomic E-state index is 12.1. The van der Waals surface area contributed by atoms with Gasteiger partial charge in [-0.1, -0.05) is 6.92 Å². The lowest BCUT2D eigenvalue weighted by Crippen LogP contribution is -2.19. The van der Waals surface area contributed by atoms with Crippen molar-refractivity contribution >= 4 is 23.3 Å². The van der Waals surface area contributed by atoms with E-state index < -0.39 is 12.6 Å². The molecule has 7 heteroatoms. The van der Waals surface area contributed by atoms with E-state index in [1.54, 1.807) is 31.3 Å². The fourth-order valence-electron chi connectivity index (χ4n) is 2.16. The van der Waals surface area contributed by atoms with Crippen LogP contribution >= 0.6 is 0 Å². The zero-order valence-corrected chi connectivity index (χ0v) is 14.7. The number of amides is 1. The van der Waals surface area contributed by atoms with Crippen LogP contribution in [-0.2, 0) is 16.6 Å². The highest BCUT2D eigenvalue weighted by atomic mass is 16.5. The molecule has 0 radical (unpaired) electrons. The molecule has 1 N–H and O–H groups in total. The fourth-order valence-corrected chi connectivity index (χ4v) is 2.16. The van der Waals surface area contributed by atoms with Crippen molar-refractivity contribution < 1.29 is 19.1 Å². The molecular formula is C19H20N2O5. The molecule has 136 valence electrons. The largest absolute Gasteiger partial charge is 0.454 e. The van der Waals surface area contributed by atoms with Gasteiger partial charge in [-0.3, -0.25) is 14.4 Å². The van der Waals surface area contributed by atoms with Gasteiger partial charge < -0.3 is 14.6 Å². The Balaban J connectivity index is 1.93. The summed E-state index contributed by atoms with van der Waals surface area (Å²) in [7, 11) is 1.56. The number of nitrogens with one attached hydrogen (secondary N) is 1. The summed E-state index contributed by atoms with van der Waals surface area (Å²) in [5.41, 5.74) is 0.703. The predicted octanol–water partition coefficient (Wildman–Crippen LogP) is 2.16. The van der Waals surface area contributed by atoms with Crippen molar-refractivity contribution in [3.63, 3.8) is 0 Å². The van der Waals surface area contributed by atoms with Gasteiger partial charge in [-0.15, -0.1) is 0 Å². The number of carbonyl (C=O) groups excluding carboxylic acids is 3. The maximum absolute atomic E-state index is 12.1. The Bertz CT molecular complexity index is 868. The van der Waals surface area contributed by atoms with Gasteiger partial charge in [-0.05, 0) is 36.8 Å². The quantitative estimate of drug-likeness (QED) is 0.606. The van der Waals surface area contributed by atoms with Crippen LogP contribution in [0.3, 0.4) is 0 Å². The summed E-state index contributed by atoms with van der Waals surface area (Å²) in [6.45, 7) is 1.48. The van der Waals surface area contributed by atoms with Gasteiger partial charge in [-0.2, -0.15) is 0 Å². The first kappa shape index (κ1) is 19.1. The van der Waals surface area contributed by atoms with Crippen molar-refractivity contribution in [3.05, 3.63) is 64.1 Å². The summed E-state index contributed by atoms with van der Waals surface area (Å²) in [6.07, 6.45) is 2.63. The Kier molecular flexibility index (Phi) is 6.43. The summed E-state index contributed by atoms with van der Waals surface area (Å²) in [4.78, 5) is 47.1. The van der Waals surface area contributed by atoms with Crippen LogP contribution in [0.1, 0.15) is 40.5 Å². The number of aromatic nitrogens is 1. The number of carbonyl (C=O) groups is 3. The number of rotatable bonds is 7. The third-order valence-corrected chi connectivity index (χ3v) is 3.64. The summed E-state index contributed by atoms with van der Waals surface area (Å²) >= 11 is 0. The fraction of sp³-hybridized carbons (Fsp3) is 0.263. The third kappa shape index (κ3) is 5.14. The van der Waals surface area contributed by atoms with E-state index >= 15 is 0 Å². The summed E-state index contributed by atoms with van der Waals surface area (Å²) in [5.74, 6) is -1.21. The van der Waals surface area contributed by atoms with Crippen LogP contribution in [-0.4, -0.2) is 28.8 Å². The van der Waals surface area contributed by atoms with Crippen LogP contribution < -0.4 is 10.9 Å². The second kappa shape index (κ2) is 8.75. The van der Waals surface area contributed by atoms with E-state index in [0.717, 1.165) is 12.5 Å². The molecule has 0 spiro atoms. The molecule has 1 heterocycles. The molecule has 0 bridgehead atoms. The van der Waals surface area contributed by atoms with E-state index in [0.29, 0.717) is 17.7 Å². The van der Waals surface area contributed by atoms with Crippen LogP contribution in [0.5, 0.6) is 0 Å². The number of hydrogen-bond acceptors (Lipinski definition) is 5. The molecule has 0 atom stereocenters. The predicted molar refractivity (Wildman–Crippen MR) is 96.3 cm³/mol. The average molecular weight is 356 g/mol. The van der Waals surface area contributed by atoms with Gasteiger partial charge in [-0.25, -0.2) is 4.79 Å². The number of benzene rings is 1. The smallest absolute Gasteiger partial charge is 0.338 e. The van der Waals surface area contributed by atoms with Gasteiger partial charge in [0.2, 0.25) is 5.91 Å². The Morgan fingerprint density at radius 1 is 1.08 bits per heavy atom. The lowest BCUT2D eigenvalue weighted by atomic mass is 10.1. The van der Waals surface area contributed by atoms with E-state index in [9.17, 15) is 19.2 Å². The lowest BCUT2D eigenvalue weighted by Gasteiger charge is -2.07. The average Bonchev–Trinajstić information content (AvgIpc) is 2.62. The molecule has 1 aromatic heterocycles. The second-order valence-electron chi connectivity index (χ2n) is 5.74. The standard InChI is InChI=1S/C19H20N2O5/c1-3-4-17(23)20-15-7-5-13(6-8-15)16(22)12-26-19(25)14-9-10-21(2)18(24)11-14/h5-11H,3-4,12H2,1-2H3,(H,20,23). The first-order valence-electron chi connectivity index (χ1n) is 8.17.